The fraction of sp³-hybridized carbons (Fsp3) is 1.00. The molecule has 0 aromatic carbocycles. The van der Waals surface area contributed by atoms with E-state index in [0.29, 0.717) is 0 Å². The second-order valence-electron chi connectivity index (χ2n) is 6.56. The molecule has 0 radical (unpaired) electrons. The van der Waals surface area contributed by atoms with Crippen LogP contribution in [0.5, 0.6) is 0 Å². The molecule has 3 heteroatoms. The van der Waals surface area contributed by atoms with Gasteiger partial charge in [0.2, 0.25) is 0 Å². The van der Waals surface area contributed by atoms with E-state index in [0.717, 1.165) is 30.7 Å². The average Bonchev–Trinajstić information content (AvgIpc) is 3.15. The van der Waals surface area contributed by atoms with Gasteiger partial charge in [-0.05, 0) is 52.1 Å². The van der Waals surface area contributed by atoms with Crippen molar-refractivity contribution in [2.75, 3.05) is 26.7 Å². The van der Waals surface area contributed by atoms with Crippen LogP contribution >= 0.6 is 0 Å². The molecular weight excluding hydrogens is 222 g/mol. The Bertz CT molecular complexity index is 263. The molecule has 3 rings (SSSR count). The van der Waals surface area contributed by atoms with Gasteiger partial charge in [0, 0.05) is 37.3 Å². The van der Waals surface area contributed by atoms with Gasteiger partial charge in [-0.15, -0.1) is 0 Å². The number of hydrogen-bond acceptors (Lipinski definition) is 3. The van der Waals surface area contributed by atoms with Crippen molar-refractivity contribution in [1.29, 1.82) is 0 Å². The van der Waals surface area contributed by atoms with Crippen LogP contribution in [0.25, 0.3) is 0 Å². The van der Waals surface area contributed by atoms with E-state index in [4.69, 9.17) is 0 Å². The summed E-state index contributed by atoms with van der Waals surface area (Å²) < 4.78 is 0. The van der Waals surface area contributed by atoms with Crippen LogP contribution in [0.15, 0.2) is 0 Å². The zero-order valence-corrected chi connectivity index (χ0v) is 12.1. The zero-order chi connectivity index (χ0) is 12.5. The fourth-order valence-electron chi connectivity index (χ4n) is 4.07. The number of hydrogen-bond donors (Lipinski definition) is 1. The number of nitrogens with one attached hydrogen (secondary N) is 1. The monoisotopic (exact) mass is 251 g/mol. The highest BCUT2D eigenvalue weighted by Gasteiger charge is 2.40. The smallest absolute Gasteiger partial charge is 0.0115 e. The van der Waals surface area contributed by atoms with Crippen molar-refractivity contribution in [2.45, 2.75) is 69.6 Å². The van der Waals surface area contributed by atoms with E-state index in [-0.39, 0.29) is 0 Å². The van der Waals surface area contributed by atoms with Gasteiger partial charge in [0.15, 0.2) is 0 Å². The molecule has 1 saturated carbocycles. The van der Waals surface area contributed by atoms with Crippen molar-refractivity contribution < 1.29 is 0 Å². The van der Waals surface area contributed by atoms with Crippen LogP contribution in [0.2, 0.25) is 0 Å². The van der Waals surface area contributed by atoms with Crippen LogP contribution < -0.4 is 5.32 Å². The lowest BCUT2D eigenvalue weighted by Gasteiger charge is -2.40. The Kier molecular flexibility index (Phi) is 3.92. The Morgan fingerprint density at radius 3 is 2.33 bits per heavy atom. The molecule has 18 heavy (non-hydrogen) atoms. The molecule has 3 fully saturated rings. The third kappa shape index (κ3) is 2.73. The van der Waals surface area contributed by atoms with Crippen LogP contribution in [-0.2, 0) is 0 Å². The third-order valence-electron chi connectivity index (χ3n) is 5.26. The molecule has 2 aliphatic heterocycles. The first-order valence-corrected chi connectivity index (χ1v) is 7.97. The van der Waals surface area contributed by atoms with Gasteiger partial charge in [-0.3, -0.25) is 4.90 Å². The summed E-state index contributed by atoms with van der Waals surface area (Å²) in [5, 5.41) is 3.66. The number of nitrogens with zero attached hydrogens (tertiary/aromatic N) is 2. The fourth-order valence-corrected chi connectivity index (χ4v) is 4.07. The van der Waals surface area contributed by atoms with E-state index in [9.17, 15) is 0 Å². The van der Waals surface area contributed by atoms with Crippen LogP contribution in [-0.4, -0.2) is 60.6 Å². The van der Waals surface area contributed by atoms with E-state index in [2.05, 4.69) is 29.1 Å². The average molecular weight is 251 g/mol. The molecule has 2 atom stereocenters. The molecule has 0 spiro atoms. The van der Waals surface area contributed by atoms with Crippen molar-refractivity contribution in [2.24, 2.45) is 0 Å². The standard InChI is InChI=1S/C15H29N3/c1-3-16-12-10-14-6-7-15(11-12)18(14)9-8-17(2)13-4-5-13/h12-16H,3-11H2,1-2H3. The van der Waals surface area contributed by atoms with Gasteiger partial charge in [0.1, 0.15) is 0 Å². The molecular formula is C15H29N3. The topological polar surface area (TPSA) is 18.5 Å². The van der Waals surface area contributed by atoms with E-state index in [1.54, 1.807) is 0 Å². The van der Waals surface area contributed by atoms with Crippen molar-refractivity contribution in [1.82, 2.24) is 15.1 Å². The van der Waals surface area contributed by atoms with Gasteiger partial charge in [0.25, 0.3) is 0 Å². The second kappa shape index (κ2) is 5.48. The summed E-state index contributed by atoms with van der Waals surface area (Å²) in [6, 6.07) is 3.47. The lowest BCUT2D eigenvalue weighted by molar-refractivity contribution is 0.104. The quantitative estimate of drug-likeness (QED) is 0.775. The van der Waals surface area contributed by atoms with E-state index >= 15 is 0 Å². The predicted molar refractivity (Wildman–Crippen MR) is 75.9 cm³/mol. The Morgan fingerprint density at radius 1 is 1.11 bits per heavy atom. The molecule has 1 N–H and O–H groups in total. The molecule has 0 amide bonds. The molecule has 2 unspecified atom stereocenters. The number of rotatable bonds is 6. The van der Waals surface area contributed by atoms with Crippen LogP contribution in [0, 0.1) is 0 Å². The normalized spacial score (nSPS) is 36.5. The molecule has 0 aromatic heterocycles. The van der Waals surface area contributed by atoms with E-state index in [1.165, 1.54) is 51.6 Å². The summed E-state index contributed by atoms with van der Waals surface area (Å²) in [7, 11) is 2.31. The summed E-state index contributed by atoms with van der Waals surface area (Å²) in [6.45, 7) is 5.96. The van der Waals surface area contributed by atoms with Crippen molar-refractivity contribution >= 4 is 0 Å². The Labute approximate surface area is 112 Å². The van der Waals surface area contributed by atoms with Gasteiger partial charge in [0.05, 0.1) is 0 Å². The Hall–Kier alpha value is -0.120. The minimum absolute atomic E-state index is 0.796. The lowest BCUT2D eigenvalue weighted by atomic mass is 9.97. The van der Waals surface area contributed by atoms with E-state index < -0.39 is 0 Å². The van der Waals surface area contributed by atoms with Crippen molar-refractivity contribution in [3.63, 3.8) is 0 Å². The summed E-state index contributed by atoms with van der Waals surface area (Å²) in [5.41, 5.74) is 0. The molecule has 2 saturated heterocycles. The maximum Gasteiger partial charge on any atom is 0.0115 e. The van der Waals surface area contributed by atoms with Gasteiger partial charge < -0.3 is 10.2 Å². The summed E-state index contributed by atoms with van der Waals surface area (Å²) in [6.07, 6.45) is 8.53. The maximum absolute atomic E-state index is 3.66. The number of piperidine rings is 1. The number of likely N-dealkylation sites (N-methyl/N-ethyl adjacent to an activating group) is 1. The second-order valence-corrected chi connectivity index (χ2v) is 6.56. The zero-order valence-electron chi connectivity index (χ0n) is 12.1. The van der Waals surface area contributed by atoms with Gasteiger partial charge in [-0.1, -0.05) is 6.92 Å². The highest BCUT2D eigenvalue weighted by Crippen LogP contribution is 2.35. The van der Waals surface area contributed by atoms with Crippen molar-refractivity contribution in [3.05, 3.63) is 0 Å². The van der Waals surface area contributed by atoms with Gasteiger partial charge >= 0.3 is 0 Å². The molecule has 1 aliphatic carbocycles. The first kappa shape index (κ1) is 12.9. The van der Waals surface area contributed by atoms with Crippen LogP contribution in [0.4, 0.5) is 0 Å². The van der Waals surface area contributed by atoms with Crippen LogP contribution in [0.3, 0.4) is 0 Å². The summed E-state index contributed by atoms with van der Waals surface area (Å²) in [5.74, 6) is 0. The SMILES string of the molecule is CCNC1CC2CCC(C1)N2CCN(C)C1CC1. The third-order valence-corrected chi connectivity index (χ3v) is 5.26. The van der Waals surface area contributed by atoms with Crippen molar-refractivity contribution in [3.8, 4) is 0 Å². The van der Waals surface area contributed by atoms with E-state index in [1.807, 2.05) is 0 Å². The molecule has 2 bridgehead atoms. The Balaban J connectivity index is 1.48. The molecule has 3 nitrogen and oxygen atoms in total. The largest absolute Gasteiger partial charge is 0.314 e. The van der Waals surface area contributed by atoms with Gasteiger partial charge in [-0.25, -0.2) is 0 Å². The maximum atomic E-state index is 3.66. The highest BCUT2D eigenvalue weighted by atomic mass is 15.3. The minimum atomic E-state index is 0.796. The molecule has 2 heterocycles. The number of fused-ring (bicyclic) bond motifs is 2. The summed E-state index contributed by atoms with van der Waals surface area (Å²) in [4.78, 5) is 5.41. The first-order chi connectivity index (χ1) is 8.78. The minimum Gasteiger partial charge on any atom is -0.314 e. The van der Waals surface area contributed by atoms with Crippen LogP contribution in [0.1, 0.15) is 45.4 Å². The lowest BCUT2D eigenvalue weighted by Crippen LogP contribution is -2.50. The first-order valence-electron chi connectivity index (χ1n) is 7.97. The summed E-state index contributed by atoms with van der Waals surface area (Å²) >= 11 is 0. The molecule has 104 valence electrons. The van der Waals surface area contributed by atoms with Gasteiger partial charge in [-0.2, -0.15) is 0 Å². The molecule has 3 aliphatic rings. The Morgan fingerprint density at radius 2 is 1.78 bits per heavy atom. The highest BCUT2D eigenvalue weighted by molar-refractivity contribution is 4.97. The molecule has 0 aromatic rings. The predicted octanol–water partition coefficient (Wildman–Crippen LogP) is 1.69.